The molecule has 0 aliphatic heterocycles. The molecule has 0 saturated carbocycles. The Kier molecular flexibility index (Phi) is 5.53. The van der Waals surface area contributed by atoms with Gasteiger partial charge in [-0.3, -0.25) is 4.79 Å². The van der Waals surface area contributed by atoms with E-state index in [1.807, 2.05) is 79.7 Å². The molecule has 0 unspecified atom stereocenters. The Bertz CT molecular complexity index is 985. The minimum Gasteiger partial charge on any atom is -0.378 e. The monoisotopic (exact) mass is 355 g/mol. The normalized spacial score (nSPS) is 10.1. The van der Waals surface area contributed by atoms with Crippen molar-refractivity contribution in [3.8, 4) is 17.2 Å². The third-order valence-corrected chi connectivity index (χ3v) is 4.42. The van der Waals surface area contributed by atoms with Crippen LogP contribution in [-0.2, 0) is 6.54 Å². The topological polar surface area (TPSA) is 56.1 Å². The van der Waals surface area contributed by atoms with Crippen LogP contribution in [0.5, 0.6) is 0 Å². The molecule has 0 bridgehead atoms. The van der Waals surface area contributed by atoms with Crippen molar-refractivity contribution < 1.29 is 4.79 Å². The van der Waals surface area contributed by atoms with Crippen LogP contribution in [0.25, 0.3) is 11.1 Å². The predicted octanol–water partition coefficient (Wildman–Crippen LogP) is 4.22. The van der Waals surface area contributed by atoms with Crippen LogP contribution in [0.3, 0.4) is 0 Å². The molecule has 4 heteroatoms. The van der Waals surface area contributed by atoms with E-state index in [1.54, 1.807) is 12.1 Å². The molecular weight excluding hydrogens is 334 g/mol. The van der Waals surface area contributed by atoms with Gasteiger partial charge in [0.25, 0.3) is 5.91 Å². The SMILES string of the molecule is CN(C)c1ccc(CNC(=O)c2ccccc2-c2ccccc2C#N)cc1. The highest BCUT2D eigenvalue weighted by molar-refractivity contribution is 6.01. The lowest BCUT2D eigenvalue weighted by atomic mass is 9.95. The summed E-state index contributed by atoms with van der Waals surface area (Å²) in [5, 5.41) is 12.3. The first-order valence-corrected chi connectivity index (χ1v) is 8.73. The zero-order valence-electron chi connectivity index (χ0n) is 15.4. The Morgan fingerprint density at radius 1 is 0.926 bits per heavy atom. The van der Waals surface area contributed by atoms with Crippen molar-refractivity contribution in [2.45, 2.75) is 6.54 Å². The molecule has 4 nitrogen and oxygen atoms in total. The maximum atomic E-state index is 12.8. The summed E-state index contributed by atoms with van der Waals surface area (Å²) in [5.74, 6) is -0.157. The van der Waals surface area contributed by atoms with Crippen molar-refractivity contribution >= 4 is 11.6 Å². The van der Waals surface area contributed by atoms with E-state index in [4.69, 9.17) is 0 Å². The van der Waals surface area contributed by atoms with Gasteiger partial charge in [-0.2, -0.15) is 5.26 Å². The molecule has 0 aliphatic rings. The first-order chi connectivity index (χ1) is 13.1. The van der Waals surface area contributed by atoms with Gasteiger partial charge in [0.15, 0.2) is 0 Å². The molecule has 0 atom stereocenters. The lowest BCUT2D eigenvalue weighted by Gasteiger charge is -2.14. The summed E-state index contributed by atoms with van der Waals surface area (Å²) in [4.78, 5) is 14.8. The maximum absolute atomic E-state index is 12.8. The number of anilines is 1. The summed E-state index contributed by atoms with van der Waals surface area (Å²) < 4.78 is 0. The highest BCUT2D eigenvalue weighted by atomic mass is 16.1. The first kappa shape index (κ1) is 18.2. The smallest absolute Gasteiger partial charge is 0.252 e. The van der Waals surface area contributed by atoms with Gasteiger partial charge in [-0.1, -0.05) is 48.5 Å². The molecule has 0 aliphatic carbocycles. The van der Waals surface area contributed by atoms with Gasteiger partial charge in [-0.25, -0.2) is 0 Å². The average molecular weight is 355 g/mol. The summed E-state index contributed by atoms with van der Waals surface area (Å²) in [6, 6.07) is 24.9. The third-order valence-electron chi connectivity index (χ3n) is 4.42. The number of nitriles is 1. The molecule has 3 aromatic carbocycles. The minimum atomic E-state index is -0.157. The molecule has 0 spiro atoms. The molecule has 1 amide bonds. The fraction of sp³-hybridized carbons (Fsp3) is 0.130. The second-order valence-corrected chi connectivity index (χ2v) is 6.45. The van der Waals surface area contributed by atoms with E-state index >= 15 is 0 Å². The maximum Gasteiger partial charge on any atom is 0.252 e. The Labute approximate surface area is 159 Å². The van der Waals surface area contributed by atoms with Crippen LogP contribution in [0, 0.1) is 11.3 Å². The van der Waals surface area contributed by atoms with Gasteiger partial charge in [0.05, 0.1) is 11.6 Å². The molecule has 0 aromatic heterocycles. The van der Waals surface area contributed by atoms with Crippen LogP contribution in [0.1, 0.15) is 21.5 Å². The first-order valence-electron chi connectivity index (χ1n) is 8.73. The van der Waals surface area contributed by atoms with E-state index in [2.05, 4.69) is 11.4 Å². The molecule has 3 aromatic rings. The van der Waals surface area contributed by atoms with Crippen LogP contribution in [0.4, 0.5) is 5.69 Å². The highest BCUT2D eigenvalue weighted by Crippen LogP contribution is 2.26. The lowest BCUT2D eigenvalue weighted by Crippen LogP contribution is -2.23. The van der Waals surface area contributed by atoms with E-state index in [0.717, 1.165) is 22.4 Å². The summed E-state index contributed by atoms with van der Waals surface area (Å²) in [5.41, 5.74) is 4.78. The van der Waals surface area contributed by atoms with Crippen molar-refractivity contribution in [2.75, 3.05) is 19.0 Å². The fourth-order valence-electron chi connectivity index (χ4n) is 2.92. The molecule has 1 N–H and O–H groups in total. The van der Waals surface area contributed by atoms with E-state index in [1.165, 1.54) is 0 Å². The lowest BCUT2D eigenvalue weighted by molar-refractivity contribution is 0.0951. The number of carbonyl (C=O) groups is 1. The average Bonchev–Trinajstić information content (AvgIpc) is 2.72. The number of rotatable bonds is 5. The predicted molar refractivity (Wildman–Crippen MR) is 109 cm³/mol. The van der Waals surface area contributed by atoms with E-state index in [0.29, 0.717) is 17.7 Å². The number of hydrogen-bond acceptors (Lipinski definition) is 3. The second kappa shape index (κ2) is 8.20. The number of carbonyl (C=O) groups excluding carboxylic acids is 1. The fourth-order valence-corrected chi connectivity index (χ4v) is 2.92. The molecule has 0 heterocycles. The molecule has 0 saturated heterocycles. The van der Waals surface area contributed by atoms with Gasteiger partial charge in [0.1, 0.15) is 0 Å². The van der Waals surface area contributed by atoms with Crippen LogP contribution < -0.4 is 10.2 Å². The molecule has 0 fully saturated rings. The second-order valence-electron chi connectivity index (χ2n) is 6.45. The molecule has 134 valence electrons. The van der Waals surface area contributed by atoms with Crippen molar-refractivity contribution in [2.24, 2.45) is 0 Å². The van der Waals surface area contributed by atoms with Crippen molar-refractivity contribution in [1.82, 2.24) is 5.32 Å². The van der Waals surface area contributed by atoms with Gasteiger partial charge in [-0.15, -0.1) is 0 Å². The number of benzene rings is 3. The number of nitrogens with zero attached hydrogens (tertiary/aromatic N) is 2. The summed E-state index contributed by atoms with van der Waals surface area (Å²) in [6.07, 6.45) is 0. The van der Waals surface area contributed by atoms with Crippen LogP contribution >= 0.6 is 0 Å². The minimum absolute atomic E-state index is 0.157. The zero-order chi connectivity index (χ0) is 19.2. The van der Waals surface area contributed by atoms with Gasteiger partial charge < -0.3 is 10.2 Å². The Hall–Kier alpha value is -3.58. The van der Waals surface area contributed by atoms with Crippen molar-refractivity contribution in [3.63, 3.8) is 0 Å². The molecular formula is C23H21N3O. The Morgan fingerprint density at radius 3 is 2.22 bits per heavy atom. The van der Waals surface area contributed by atoms with Crippen molar-refractivity contribution in [1.29, 1.82) is 5.26 Å². The van der Waals surface area contributed by atoms with Gasteiger partial charge in [0.2, 0.25) is 0 Å². The van der Waals surface area contributed by atoms with Crippen molar-refractivity contribution in [3.05, 3.63) is 89.5 Å². The summed E-state index contributed by atoms with van der Waals surface area (Å²) in [6.45, 7) is 0.445. The van der Waals surface area contributed by atoms with Gasteiger partial charge in [0, 0.05) is 37.5 Å². The number of nitrogens with one attached hydrogen (secondary N) is 1. The summed E-state index contributed by atoms with van der Waals surface area (Å²) >= 11 is 0. The highest BCUT2D eigenvalue weighted by Gasteiger charge is 2.14. The standard InChI is InChI=1S/C23H21N3O/c1-26(2)19-13-11-17(12-14-19)16-25-23(27)22-10-6-5-9-21(22)20-8-4-3-7-18(20)15-24/h3-14H,16H2,1-2H3,(H,25,27). The largest absolute Gasteiger partial charge is 0.378 e. The third kappa shape index (κ3) is 4.16. The van der Waals surface area contributed by atoms with Gasteiger partial charge in [-0.05, 0) is 35.4 Å². The molecule has 0 radical (unpaired) electrons. The Morgan fingerprint density at radius 2 is 1.56 bits per heavy atom. The van der Waals surface area contributed by atoms with Crippen LogP contribution in [0.15, 0.2) is 72.8 Å². The van der Waals surface area contributed by atoms with Crippen LogP contribution in [-0.4, -0.2) is 20.0 Å². The number of hydrogen-bond donors (Lipinski definition) is 1. The summed E-state index contributed by atoms with van der Waals surface area (Å²) in [7, 11) is 3.99. The molecule has 27 heavy (non-hydrogen) atoms. The van der Waals surface area contributed by atoms with E-state index in [9.17, 15) is 10.1 Å². The van der Waals surface area contributed by atoms with E-state index in [-0.39, 0.29) is 5.91 Å². The molecule has 3 rings (SSSR count). The quantitative estimate of drug-likeness (QED) is 0.745. The van der Waals surface area contributed by atoms with E-state index < -0.39 is 0 Å². The van der Waals surface area contributed by atoms with Crippen LogP contribution in [0.2, 0.25) is 0 Å². The zero-order valence-corrected chi connectivity index (χ0v) is 15.4. The van der Waals surface area contributed by atoms with Gasteiger partial charge >= 0.3 is 0 Å². The number of amides is 1. The Balaban J connectivity index is 1.81.